The Labute approximate surface area is 159 Å². The Bertz CT molecular complexity index is 1110. The van der Waals surface area contributed by atoms with Gasteiger partial charge in [0.05, 0.1) is 17.8 Å². The SMILES string of the molecule is Cc1cnc(C(C)n2cnc3sc(-c4ccccc4)cc3c2=O)[nH]1.O=CO. The highest BCUT2D eigenvalue weighted by Gasteiger charge is 2.16. The van der Waals surface area contributed by atoms with Crippen molar-refractivity contribution in [2.75, 3.05) is 0 Å². The third kappa shape index (κ3) is 3.80. The molecular formula is C19H18N4O3S. The van der Waals surface area contributed by atoms with Gasteiger partial charge in [-0.15, -0.1) is 11.3 Å². The third-order valence-electron chi connectivity index (χ3n) is 4.07. The van der Waals surface area contributed by atoms with Crippen molar-refractivity contribution in [1.29, 1.82) is 0 Å². The molecule has 0 amide bonds. The third-order valence-corrected chi connectivity index (χ3v) is 5.16. The number of carbonyl (C=O) groups is 1. The van der Waals surface area contributed by atoms with Crippen LogP contribution in [0.5, 0.6) is 0 Å². The van der Waals surface area contributed by atoms with Crippen LogP contribution in [0.3, 0.4) is 0 Å². The first-order chi connectivity index (χ1) is 13.0. The maximum atomic E-state index is 12.9. The van der Waals surface area contributed by atoms with Gasteiger partial charge in [-0.05, 0) is 25.5 Å². The molecule has 2 N–H and O–H groups in total. The zero-order valence-electron chi connectivity index (χ0n) is 14.8. The molecule has 27 heavy (non-hydrogen) atoms. The van der Waals surface area contributed by atoms with Crippen molar-refractivity contribution in [3.05, 3.63) is 70.8 Å². The number of aromatic amines is 1. The van der Waals surface area contributed by atoms with Gasteiger partial charge in [-0.25, -0.2) is 9.97 Å². The standard InChI is InChI=1S/C18H16N4OS.CH2O2/c1-11-9-19-16(21-11)12(2)22-10-20-17-14(18(22)23)8-15(24-17)13-6-4-3-5-7-13;2-1-3/h3-10,12H,1-2H3,(H,19,21);1H,(H,2,3). The van der Waals surface area contributed by atoms with Gasteiger partial charge in [-0.1, -0.05) is 30.3 Å². The van der Waals surface area contributed by atoms with Crippen molar-refractivity contribution in [2.45, 2.75) is 19.9 Å². The molecular weight excluding hydrogens is 364 g/mol. The summed E-state index contributed by atoms with van der Waals surface area (Å²) >= 11 is 1.54. The quantitative estimate of drug-likeness (QED) is 0.529. The number of hydrogen-bond acceptors (Lipinski definition) is 5. The Morgan fingerprint density at radius 1 is 1.26 bits per heavy atom. The number of thiophene rings is 1. The van der Waals surface area contributed by atoms with Gasteiger partial charge in [0.25, 0.3) is 12.0 Å². The van der Waals surface area contributed by atoms with Gasteiger partial charge in [0, 0.05) is 16.8 Å². The first-order valence-electron chi connectivity index (χ1n) is 8.20. The minimum absolute atomic E-state index is 0.0417. The van der Waals surface area contributed by atoms with Gasteiger partial charge in [-0.2, -0.15) is 0 Å². The molecule has 0 spiro atoms. The summed E-state index contributed by atoms with van der Waals surface area (Å²) in [6, 6.07) is 11.8. The zero-order valence-corrected chi connectivity index (χ0v) is 15.6. The van der Waals surface area contributed by atoms with E-state index in [2.05, 4.69) is 15.0 Å². The maximum Gasteiger partial charge on any atom is 0.290 e. The van der Waals surface area contributed by atoms with E-state index in [1.165, 1.54) is 11.3 Å². The summed E-state index contributed by atoms with van der Waals surface area (Å²) in [5.41, 5.74) is 2.03. The topological polar surface area (TPSA) is 101 Å². The number of carboxylic acid groups (broad SMARTS) is 1. The van der Waals surface area contributed by atoms with Crippen LogP contribution in [0.25, 0.3) is 20.7 Å². The fraction of sp³-hybridized carbons (Fsp3) is 0.158. The lowest BCUT2D eigenvalue weighted by Gasteiger charge is -2.11. The first-order valence-corrected chi connectivity index (χ1v) is 9.02. The van der Waals surface area contributed by atoms with Crippen LogP contribution in [0.4, 0.5) is 0 Å². The highest BCUT2D eigenvalue weighted by atomic mass is 32.1. The Balaban J connectivity index is 0.000000659. The van der Waals surface area contributed by atoms with E-state index < -0.39 is 0 Å². The molecule has 0 saturated heterocycles. The molecule has 4 rings (SSSR count). The van der Waals surface area contributed by atoms with Crippen LogP contribution in [-0.4, -0.2) is 31.1 Å². The van der Waals surface area contributed by atoms with Crippen molar-refractivity contribution in [2.24, 2.45) is 0 Å². The fourth-order valence-electron chi connectivity index (χ4n) is 2.73. The molecule has 3 aromatic heterocycles. The Kier molecular flexibility index (Phi) is 5.46. The number of aromatic nitrogens is 4. The van der Waals surface area contributed by atoms with Crippen molar-refractivity contribution < 1.29 is 9.90 Å². The van der Waals surface area contributed by atoms with E-state index in [-0.39, 0.29) is 18.1 Å². The summed E-state index contributed by atoms with van der Waals surface area (Å²) in [7, 11) is 0. The maximum absolute atomic E-state index is 12.9. The first kappa shape index (κ1) is 18.5. The van der Waals surface area contributed by atoms with Crippen LogP contribution in [0.1, 0.15) is 24.5 Å². The summed E-state index contributed by atoms with van der Waals surface area (Å²) in [4.78, 5) is 35.0. The van der Waals surface area contributed by atoms with Gasteiger partial charge >= 0.3 is 0 Å². The van der Waals surface area contributed by atoms with E-state index in [9.17, 15) is 4.79 Å². The number of nitrogens with zero attached hydrogens (tertiary/aromatic N) is 3. The molecule has 0 bridgehead atoms. The molecule has 8 heteroatoms. The average molecular weight is 382 g/mol. The van der Waals surface area contributed by atoms with Crippen LogP contribution < -0.4 is 5.56 Å². The molecule has 0 radical (unpaired) electrons. The second-order valence-corrected chi connectivity index (χ2v) is 6.92. The molecule has 0 aliphatic rings. The summed E-state index contributed by atoms with van der Waals surface area (Å²) in [6.07, 6.45) is 3.37. The lowest BCUT2D eigenvalue weighted by atomic mass is 10.2. The number of H-pyrrole nitrogens is 1. The van der Waals surface area contributed by atoms with Gasteiger partial charge in [0.1, 0.15) is 10.7 Å². The van der Waals surface area contributed by atoms with E-state index in [4.69, 9.17) is 9.90 Å². The van der Waals surface area contributed by atoms with E-state index in [0.717, 1.165) is 26.8 Å². The van der Waals surface area contributed by atoms with Crippen LogP contribution in [-0.2, 0) is 4.79 Å². The monoisotopic (exact) mass is 382 g/mol. The van der Waals surface area contributed by atoms with Crippen LogP contribution in [0.2, 0.25) is 0 Å². The van der Waals surface area contributed by atoms with Gasteiger partial charge in [-0.3, -0.25) is 14.2 Å². The predicted molar refractivity (Wildman–Crippen MR) is 105 cm³/mol. The number of benzene rings is 1. The number of hydrogen-bond donors (Lipinski definition) is 2. The molecule has 0 aliphatic carbocycles. The fourth-order valence-corrected chi connectivity index (χ4v) is 3.73. The van der Waals surface area contributed by atoms with Crippen LogP contribution in [0, 0.1) is 6.92 Å². The molecule has 0 saturated carbocycles. The van der Waals surface area contributed by atoms with E-state index in [1.54, 1.807) is 17.1 Å². The Morgan fingerprint density at radius 2 is 1.96 bits per heavy atom. The zero-order chi connectivity index (χ0) is 19.4. The second-order valence-electron chi connectivity index (χ2n) is 5.89. The molecule has 138 valence electrons. The molecule has 7 nitrogen and oxygen atoms in total. The highest BCUT2D eigenvalue weighted by molar-refractivity contribution is 7.21. The average Bonchev–Trinajstić information content (AvgIpc) is 3.30. The van der Waals surface area contributed by atoms with E-state index >= 15 is 0 Å². The molecule has 1 atom stereocenters. The number of nitrogens with one attached hydrogen (secondary N) is 1. The second kappa shape index (κ2) is 7.96. The van der Waals surface area contributed by atoms with Gasteiger partial charge in [0.15, 0.2) is 0 Å². The summed E-state index contributed by atoms with van der Waals surface area (Å²) in [5, 5.41) is 7.54. The van der Waals surface area contributed by atoms with Crippen LogP contribution in [0.15, 0.2) is 53.7 Å². The van der Waals surface area contributed by atoms with Gasteiger partial charge in [0.2, 0.25) is 0 Å². The van der Waals surface area contributed by atoms with Crippen molar-refractivity contribution >= 4 is 28.0 Å². The number of rotatable bonds is 3. The lowest BCUT2D eigenvalue weighted by molar-refractivity contribution is -0.122. The van der Waals surface area contributed by atoms with Crippen LogP contribution >= 0.6 is 11.3 Å². The van der Waals surface area contributed by atoms with E-state index in [0.29, 0.717) is 5.39 Å². The van der Waals surface area contributed by atoms with Crippen molar-refractivity contribution in [3.8, 4) is 10.4 Å². The minimum atomic E-state index is -0.250. The molecule has 4 aromatic rings. The number of fused-ring (bicyclic) bond motifs is 1. The summed E-state index contributed by atoms with van der Waals surface area (Å²) in [6.45, 7) is 3.64. The normalized spacial score (nSPS) is 11.6. The molecule has 3 heterocycles. The molecule has 1 unspecified atom stereocenters. The highest BCUT2D eigenvalue weighted by Crippen LogP contribution is 2.30. The summed E-state index contributed by atoms with van der Waals surface area (Å²) in [5.74, 6) is 0.759. The van der Waals surface area contributed by atoms with E-state index in [1.807, 2.05) is 50.2 Å². The molecule has 0 aliphatic heterocycles. The minimum Gasteiger partial charge on any atom is -0.483 e. The van der Waals surface area contributed by atoms with Crippen molar-refractivity contribution in [1.82, 2.24) is 19.5 Å². The molecule has 0 fully saturated rings. The predicted octanol–water partition coefficient (Wildman–Crippen LogP) is 3.47. The lowest BCUT2D eigenvalue weighted by Crippen LogP contribution is -2.24. The smallest absolute Gasteiger partial charge is 0.290 e. The number of imidazole rings is 1. The van der Waals surface area contributed by atoms with Gasteiger partial charge < -0.3 is 10.1 Å². The molecule has 1 aromatic carbocycles. The Hall–Kier alpha value is -3.26. The number of aryl methyl sites for hydroxylation is 1. The summed E-state index contributed by atoms with van der Waals surface area (Å²) < 4.78 is 1.63. The largest absolute Gasteiger partial charge is 0.483 e. The van der Waals surface area contributed by atoms with Crippen molar-refractivity contribution in [3.63, 3.8) is 0 Å². The Morgan fingerprint density at radius 3 is 2.59 bits per heavy atom.